The highest BCUT2D eigenvalue weighted by molar-refractivity contribution is 6.04. The van der Waals surface area contributed by atoms with Crippen molar-refractivity contribution < 1.29 is 9.90 Å². The minimum absolute atomic E-state index is 0.351. The molecule has 0 bridgehead atoms. The number of carboxylic acid groups (broad SMARTS) is 1. The smallest absolute Gasteiger partial charge is 0.336 e. The van der Waals surface area contributed by atoms with Crippen LogP contribution in [0.2, 0.25) is 0 Å². The number of nitrogens with zero attached hydrogens (tertiary/aromatic N) is 4. The number of benzene rings is 1. The lowest BCUT2D eigenvalue weighted by Gasteiger charge is -2.33. The molecule has 6 nitrogen and oxygen atoms in total. The molecule has 0 unspecified atom stereocenters. The lowest BCUT2D eigenvalue weighted by atomic mass is 9.96. The molecule has 0 atom stereocenters. The molecule has 2 aromatic heterocycles. The predicted octanol–water partition coefficient (Wildman–Crippen LogP) is 4.12. The Morgan fingerprint density at radius 1 is 1.17 bits per heavy atom. The van der Waals surface area contributed by atoms with Crippen LogP contribution in [0.4, 0.5) is 5.82 Å². The molecule has 0 aliphatic carbocycles. The van der Waals surface area contributed by atoms with E-state index in [1.807, 2.05) is 13.1 Å². The van der Waals surface area contributed by atoms with E-state index in [0.717, 1.165) is 66.1 Å². The van der Waals surface area contributed by atoms with Crippen LogP contribution in [0.5, 0.6) is 0 Å². The van der Waals surface area contributed by atoms with E-state index in [1.165, 1.54) is 0 Å². The Bertz CT molecular complexity index is 1060. The second kappa shape index (κ2) is 8.11. The Kier molecular flexibility index (Phi) is 5.52. The van der Waals surface area contributed by atoms with Gasteiger partial charge in [0.2, 0.25) is 0 Å². The molecular formula is C24H30N4O2. The first kappa shape index (κ1) is 20.4. The molecule has 3 aromatic rings. The van der Waals surface area contributed by atoms with Crippen LogP contribution in [0, 0.1) is 12.8 Å². The minimum Gasteiger partial charge on any atom is -0.478 e. The van der Waals surface area contributed by atoms with Crippen LogP contribution < -0.4 is 4.90 Å². The molecule has 0 radical (unpaired) electrons. The predicted molar refractivity (Wildman–Crippen MR) is 121 cm³/mol. The molecule has 1 aliphatic rings. The lowest BCUT2D eigenvalue weighted by Crippen LogP contribution is -2.44. The standard InChI is InChI=1S/C24H30N4O2/c1-16(2)15-28-8-7-19-21(13-20(24(29)30)17(3)23(19)28)18-5-6-22(25-14-18)27-11-9-26(4)10-12-27/h5-8,13-14,16H,9-12,15H2,1-4H3,(H,29,30). The number of fused-ring (bicyclic) bond motifs is 1. The van der Waals surface area contributed by atoms with Crippen molar-refractivity contribution in [3.05, 3.63) is 47.8 Å². The summed E-state index contributed by atoms with van der Waals surface area (Å²) in [4.78, 5) is 21.3. The van der Waals surface area contributed by atoms with Crippen LogP contribution in [0.1, 0.15) is 29.8 Å². The average molecular weight is 407 g/mol. The van der Waals surface area contributed by atoms with Crippen molar-refractivity contribution in [2.24, 2.45) is 5.92 Å². The molecule has 1 aromatic carbocycles. The second-order valence-electron chi connectivity index (χ2n) is 8.72. The van der Waals surface area contributed by atoms with Crippen molar-refractivity contribution in [1.82, 2.24) is 14.5 Å². The molecule has 4 rings (SSSR count). The summed E-state index contributed by atoms with van der Waals surface area (Å²) in [5, 5.41) is 10.9. The first-order valence-electron chi connectivity index (χ1n) is 10.6. The van der Waals surface area contributed by atoms with Gasteiger partial charge in [-0.05, 0) is 55.3 Å². The van der Waals surface area contributed by atoms with Crippen molar-refractivity contribution in [2.75, 3.05) is 38.1 Å². The van der Waals surface area contributed by atoms with E-state index in [1.54, 1.807) is 6.07 Å². The van der Waals surface area contributed by atoms with Crippen LogP contribution >= 0.6 is 0 Å². The lowest BCUT2D eigenvalue weighted by molar-refractivity contribution is 0.0696. The van der Waals surface area contributed by atoms with Gasteiger partial charge in [0, 0.05) is 56.1 Å². The van der Waals surface area contributed by atoms with E-state index in [4.69, 9.17) is 4.98 Å². The summed E-state index contributed by atoms with van der Waals surface area (Å²) in [6.45, 7) is 11.1. The van der Waals surface area contributed by atoms with E-state index >= 15 is 0 Å². The summed E-state index contributed by atoms with van der Waals surface area (Å²) >= 11 is 0. The third kappa shape index (κ3) is 3.79. The molecular weight excluding hydrogens is 376 g/mol. The average Bonchev–Trinajstić information content (AvgIpc) is 3.12. The number of aryl methyl sites for hydroxylation is 1. The highest BCUT2D eigenvalue weighted by atomic mass is 16.4. The first-order chi connectivity index (χ1) is 14.3. The summed E-state index contributed by atoms with van der Waals surface area (Å²) in [5.41, 5.74) is 4.04. The summed E-state index contributed by atoms with van der Waals surface area (Å²) < 4.78 is 2.18. The summed E-state index contributed by atoms with van der Waals surface area (Å²) in [6, 6.07) is 8.01. The fraction of sp³-hybridized carbons (Fsp3) is 0.417. The molecule has 0 saturated carbocycles. The topological polar surface area (TPSA) is 61.6 Å². The number of pyridine rings is 1. The normalized spacial score (nSPS) is 15.3. The zero-order valence-electron chi connectivity index (χ0n) is 18.2. The van der Waals surface area contributed by atoms with Crippen molar-refractivity contribution in [2.45, 2.75) is 27.3 Å². The maximum Gasteiger partial charge on any atom is 0.336 e. The zero-order chi connectivity index (χ0) is 21.4. The van der Waals surface area contributed by atoms with Crippen LogP contribution in [0.15, 0.2) is 36.7 Å². The Hall–Kier alpha value is -2.86. The maximum absolute atomic E-state index is 12.0. The largest absolute Gasteiger partial charge is 0.478 e. The van der Waals surface area contributed by atoms with Crippen LogP contribution in [0.25, 0.3) is 22.0 Å². The van der Waals surface area contributed by atoms with Gasteiger partial charge in [-0.25, -0.2) is 9.78 Å². The van der Waals surface area contributed by atoms with Crippen LogP contribution in [0.3, 0.4) is 0 Å². The van der Waals surface area contributed by atoms with Gasteiger partial charge in [0.05, 0.1) is 11.1 Å². The number of anilines is 1. The van der Waals surface area contributed by atoms with E-state index < -0.39 is 5.97 Å². The third-order valence-electron chi connectivity index (χ3n) is 5.98. The van der Waals surface area contributed by atoms with E-state index in [2.05, 4.69) is 59.7 Å². The Morgan fingerprint density at radius 2 is 1.90 bits per heavy atom. The number of hydrogen-bond donors (Lipinski definition) is 1. The maximum atomic E-state index is 12.0. The zero-order valence-corrected chi connectivity index (χ0v) is 18.2. The molecule has 1 N–H and O–H groups in total. The molecule has 1 aliphatic heterocycles. The van der Waals surface area contributed by atoms with Gasteiger partial charge in [-0.1, -0.05) is 13.8 Å². The second-order valence-corrected chi connectivity index (χ2v) is 8.72. The molecule has 0 spiro atoms. The molecule has 158 valence electrons. The number of aromatic nitrogens is 2. The summed E-state index contributed by atoms with van der Waals surface area (Å²) in [5.74, 6) is 0.558. The minimum atomic E-state index is -0.894. The van der Waals surface area contributed by atoms with Gasteiger partial charge < -0.3 is 19.5 Å². The van der Waals surface area contributed by atoms with E-state index in [0.29, 0.717) is 11.5 Å². The quantitative estimate of drug-likeness (QED) is 0.691. The van der Waals surface area contributed by atoms with Gasteiger partial charge in [0.1, 0.15) is 5.82 Å². The van der Waals surface area contributed by atoms with E-state index in [-0.39, 0.29) is 0 Å². The Morgan fingerprint density at radius 3 is 2.50 bits per heavy atom. The third-order valence-corrected chi connectivity index (χ3v) is 5.98. The number of rotatable bonds is 5. The monoisotopic (exact) mass is 406 g/mol. The Labute approximate surface area is 177 Å². The van der Waals surface area contributed by atoms with Gasteiger partial charge in [0.15, 0.2) is 0 Å². The fourth-order valence-electron chi connectivity index (χ4n) is 4.34. The van der Waals surface area contributed by atoms with Crippen molar-refractivity contribution in [1.29, 1.82) is 0 Å². The van der Waals surface area contributed by atoms with Crippen LogP contribution in [-0.2, 0) is 6.54 Å². The summed E-state index contributed by atoms with van der Waals surface area (Å²) in [6.07, 6.45) is 3.95. The molecule has 3 heterocycles. The number of hydrogen-bond acceptors (Lipinski definition) is 4. The molecule has 1 saturated heterocycles. The molecule has 0 amide bonds. The number of aromatic carboxylic acids is 1. The first-order valence-corrected chi connectivity index (χ1v) is 10.6. The van der Waals surface area contributed by atoms with Gasteiger partial charge in [-0.15, -0.1) is 0 Å². The van der Waals surface area contributed by atoms with Crippen LogP contribution in [-0.4, -0.2) is 58.8 Å². The fourth-order valence-corrected chi connectivity index (χ4v) is 4.34. The SMILES string of the molecule is Cc1c(C(=O)O)cc(-c2ccc(N3CCN(C)CC3)nc2)c2ccn(CC(C)C)c12. The number of piperazine rings is 1. The van der Waals surface area contributed by atoms with Gasteiger partial charge in [-0.2, -0.15) is 0 Å². The van der Waals surface area contributed by atoms with Crippen molar-refractivity contribution in [3.8, 4) is 11.1 Å². The Balaban J connectivity index is 1.77. The van der Waals surface area contributed by atoms with Gasteiger partial charge in [0.25, 0.3) is 0 Å². The summed E-state index contributed by atoms with van der Waals surface area (Å²) in [7, 11) is 2.14. The van der Waals surface area contributed by atoms with Crippen molar-refractivity contribution in [3.63, 3.8) is 0 Å². The highest BCUT2D eigenvalue weighted by Crippen LogP contribution is 2.34. The van der Waals surface area contributed by atoms with Gasteiger partial charge in [-0.3, -0.25) is 0 Å². The molecule has 6 heteroatoms. The molecule has 30 heavy (non-hydrogen) atoms. The highest BCUT2D eigenvalue weighted by Gasteiger charge is 2.19. The number of likely N-dealkylation sites (N-methyl/N-ethyl adjacent to an activating group) is 1. The van der Waals surface area contributed by atoms with Crippen molar-refractivity contribution >= 4 is 22.7 Å². The number of carbonyl (C=O) groups is 1. The van der Waals surface area contributed by atoms with E-state index in [9.17, 15) is 9.90 Å². The number of carboxylic acids is 1. The molecule has 1 fully saturated rings. The van der Waals surface area contributed by atoms with Gasteiger partial charge >= 0.3 is 5.97 Å².